The zero-order valence-electron chi connectivity index (χ0n) is 15.7. The van der Waals surface area contributed by atoms with Gasteiger partial charge in [-0.05, 0) is 42.7 Å². The highest BCUT2D eigenvalue weighted by atomic mass is 35.5. The van der Waals surface area contributed by atoms with E-state index in [0.29, 0.717) is 11.6 Å². The predicted molar refractivity (Wildman–Crippen MR) is 110 cm³/mol. The number of benzene rings is 2. The summed E-state index contributed by atoms with van der Waals surface area (Å²) in [7, 11) is -3.39. The summed E-state index contributed by atoms with van der Waals surface area (Å²) in [5.41, 5.74) is 4.72. The smallest absolute Gasteiger partial charge is 0.264 e. The number of nitrogens with zero attached hydrogens (tertiary/aromatic N) is 1. The molecule has 2 heterocycles. The number of likely N-dealkylation sites (tertiary alicyclic amines) is 1. The number of halogens is 1. The molecule has 7 heteroatoms. The van der Waals surface area contributed by atoms with Crippen LogP contribution < -0.4 is 4.74 Å². The van der Waals surface area contributed by atoms with E-state index >= 15 is 0 Å². The second-order valence-corrected chi connectivity index (χ2v) is 9.17. The zero-order valence-corrected chi connectivity index (χ0v) is 17.2. The standard InChI is InChI=1S/C21H22ClNO4S/c1-28(24,25)26-13-12-23-10-8-15(9-11-23)21-17-4-2-3-5-19(17)27-20-7-6-16(22)14-18(20)21/h2-7,14H,8-13H2,1H3. The van der Waals surface area contributed by atoms with Gasteiger partial charge in [0.15, 0.2) is 0 Å². The minimum absolute atomic E-state index is 0.194. The Labute approximate surface area is 170 Å². The summed E-state index contributed by atoms with van der Waals surface area (Å²) in [5, 5.41) is 0.690. The van der Waals surface area contributed by atoms with Crippen molar-refractivity contribution in [3.05, 3.63) is 64.2 Å². The lowest BCUT2D eigenvalue weighted by Gasteiger charge is -2.32. The van der Waals surface area contributed by atoms with Crippen LogP contribution in [0, 0.1) is 0 Å². The summed E-state index contributed by atoms with van der Waals surface area (Å²) in [6, 6.07) is 13.8. The van der Waals surface area contributed by atoms with Crippen LogP contribution in [0.15, 0.2) is 48.0 Å². The van der Waals surface area contributed by atoms with Gasteiger partial charge in [0.25, 0.3) is 10.1 Å². The third-order valence-electron chi connectivity index (χ3n) is 5.11. The van der Waals surface area contributed by atoms with Crippen molar-refractivity contribution >= 4 is 27.3 Å². The maximum atomic E-state index is 11.1. The van der Waals surface area contributed by atoms with Gasteiger partial charge in [0.05, 0.1) is 12.9 Å². The molecule has 0 N–H and O–H groups in total. The SMILES string of the molecule is CS(=O)(=O)OCCN1CCC(=C2c3ccccc3Oc3ccc(Cl)cc32)CC1. The maximum Gasteiger partial charge on any atom is 0.264 e. The molecule has 2 aromatic carbocycles. The second-order valence-electron chi connectivity index (χ2n) is 7.08. The van der Waals surface area contributed by atoms with Crippen LogP contribution >= 0.6 is 11.6 Å². The molecular formula is C21H22ClNO4S. The van der Waals surface area contributed by atoms with Crippen LogP contribution in [0.1, 0.15) is 24.0 Å². The average Bonchev–Trinajstić information content (AvgIpc) is 2.66. The van der Waals surface area contributed by atoms with Gasteiger partial charge in [-0.25, -0.2) is 0 Å². The minimum Gasteiger partial charge on any atom is -0.456 e. The van der Waals surface area contributed by atoms with Gasteiger partial charge in [0.2, 0.25) is 0 Å². The number of hydrogen-bond donors (Lipinski definition) is 0. The molecule has 2 aromatic rings. The lowest BCUT2D eigenvalue weighted by Crippen LogP contribution is -2.34. The number of piperidine rings is 1. The number of para-hydroxylation sites is 1. The summed E-state index contributed by atoms with van der Waals surface area (Å²) in [4.78, 5) is 2.24. The van der Waals surface area contributed by atoms with Crippen molar-refractivity contribution in [1.82, 2.24) is 4.90 Å². The average molecular weight is 420 g/mol. The Balaban J connectivity index is 1.59. The number of fused-ring (bicyclic) bond motifs is 2. The topological polar surface area (TPSA) is 55.8 Å². The summed E-state index contributed by atoms with van der Waals surface area (Å²) >= 11 is 6.28. The van der Waals surface area contributed by atoms with Gasteiger partial charge in [-0.1, -0.05) is 35.4 Å². The first kappa shape index (κ1) is 19.5. The minimum atomic E-state index is -3.39. The molecule has 5 nitrogen and oxygen atoms in total. The van der Waals surface area contributed by atoms with E-state index < -0.39 is 10.1 Å². The third kappa shape index (κ3) is 4.25. The molecule has 2 aliphatic heterocycles. The summed E-state index contributed by atoms with van der Waals surface area (Å²) in [6.45, 7) is 2.54. The fourth-order valence-corrected chi connectivity index (χ4v) is 4.36. The van der Waals surface area contributed by atoms with Crippen LogP contribution in [0.3, 0.4) is 0 Å². The first-order valence-electron chi connectivity index (χ1n) is 9.27. The molecule has 0 aromatic heterocycles. The molecule has 28 heavy (non-hydrogen) atoms. The Morgan fingerprint density at radius 1 is 1.07 bits per heavy atom. The third-order valence-corrected chi connectivity index (χ3v) is 5.94. The van der Waals surface area contributed by atoms with Gasteiger partial charge in [0, 0.05) is 35.8 Å². The van der Waals surface area contributed by atoms with E-state index in [2.05, 4.69) is 11.0 Å². The van der Waals surface area contributed by atoms with E-state index in [0.717, 1.165) is 54.8 Å². The highest BCUT2D eigenvalue weighted by Gasteiger charge is 2.26. The summed E-state index contributed by atoms with van der Waals surface area (Å²) in [6.07, 6.45) is 2.90. The lowest BCUT2D eigenvalue weighted by atomic mass is 9.86. The van der Waals surface area contributed by atoms with Crippen LogP contribution in [0.2, 0.25) is 5.02 Å². The van der Waals surface area contributed by atoms with Gasteiger partial charge in [-0.15, -0.1) is 0 Å². The van der Waals surface area contributed by atoms with Crippen LogP contribution in [-0.2, 0) is 14.3 Å². The van der Waals surface area contributed by atoms with Crippen molar-refractivity contribution in [2.45, 2.75) is 12.8 Å². The normalized spacial score (nSPS) is 17.1. The Hall–Kier alpha value is -1.86. The molecule has 0 atom stereocenters. The van der Waals surface area contributed by atoms with Gasteiger partial charge >= 0.3 is 0 Å². The molecule has 1 saturated heterocycles. The van der Waals surface area contributed by atoms with Crippen LogP contribution in [0.4, 0.5) is 0 Å². The van der Waals surface area contributed by atoms with Crippen molar-refractivity contribution in [2.24, 2.45) is 0 Å². The Bertz CT molecular complexity index is 1020. The molecule has 0 saturated carbocycles. The highest BCUT2D eigenvalue weighted by Crippen LogP contribution is 2.47. The Morgan fingerprint density at radius 3 is 2.54 bits per heavy atom. The van der Waals surface area contributed by atoms with Gasteiger partial charge < -0.3 is 9.64 Å². The molecule has 0 bridgehead atoms. The number of ether oxygens (including phenoxy) is 1. The van der Waals surface area contributed by atoms with Crippen molar-refractivity contribution in [3.63, 3.8) is 0 Å². The molecule has 4 rings (SSSR count). The van der Waals surface area contributed by atoms with E-state index in [4.69, 9.17) is 20.5 Å². The molecule has 2 aliphatic rings. The summed E-state index contributed by atoms with van der Waals surface area (Å²) in [5.74, 6) is 1.69. The van der Waals surface area contributed by atoms with E-state index in [1.165, 1.54) is 11.1 Å². The predicted octanol–water partition coefficient (Wildman–Crippen LogP) is 4.32. The van der Waals surface area contributed by atoms with Crippen LogP contribution in [-0.4, -0.2) is 45.8 Å². The molecule has 0 radical (unpaired) electrons. The molecule has 0 amide bonds. The van der Waals surface area contributed by atoms with Gasteiger partial charge in [-0.3, -0.25) is 4.18 Å². The highest BCUT2D eigenvalue weighted by molar-refractivity contribution is 7.85. The Morgan fingerprint density at radius 2 is 1.79 bits per heavy atom. The Kier molecular flexibility index (Phi) is 5.47. The fraction of sp³-hybridized carbons (Fsp3) is 0.333. The van der Waals surface area contributed by atoms with Crippen LogP contribution in [0.25, 0.3) is 5.57 Å². The number of hydrogen-bond acceptors (Lipinski definition) is 5. The van der Waals surface area contributed by atoms with E-state index in [1.807, 2.05) is 36.4 Å². The molecular weight excluding hydrogens is 398 g/mol. The number of rotatable bonds is 4. The monoisotopic (exact) mass is 419 g/mol. The first-order valence-corrected chi connectivity index (χ1v) is 11.5. The van der Waals surface area contributed by atoms with Gasteiger partial charge in [0.1, 0.15) is 11.5 Å². The van der Waals surface area contributed by atoms with Crippen molar-refractivity contribution in [3.8, 4) is 11.5 Å². The first-order chi connectivity index (χ1) is 13.4. The van der Waals surface area contributed by atoms with Crippen molar-refractivity contribution in [2.75, 3.05) is 32.5 Å². The maximum absolute atomic E-state index is 11.1. The molecule has 0 spiro atoms. The van der Waals surface area contributed by atoms with Gasteiger partial charge in [-0.2, -0.15) is 8.42 Å². The fourth-order valence-electron chi connectivity index (χ4n) is 3.81. The second kappa shape index (κ2) is 7.87. The zero-order chi connectivity index (χ0) is 19.7. The van der Waals surface area contributed by atoms with E-state index in [9.17, 15) is 8.42 Å². The molecule has 0 unspecified atom stereocenters. The van der Waals surface area contributed by atoms with Crippen molar-refractivity contribution < 1.29 is 17.3 Å². The quantitative estimate of drug-likeness (QED) is 0.589. The molecule has 1 fully saturated rings. The van der Waals surface area contributed by atoms with E-state index in [-0.39, 0.29) is 6.61 Å². The van der Waals surface area contributed by atoms with Crippen molar-refractivity contribution in [1.29, 1.82) is 0 Å². The molecule has 148 valence electrons. The van der Waals surface area contributed by atoms with Crippen LogP contribution in [0.5, 0.6) is 11.5 Å². The van der Waals surface area contributed by atoms with E-state index in [1.54, 1.807) is 0 Å². The summed E-state index contributed by atoms with van der Waals surface area (Å²) < 4.78 is 33.2. The largest absolute Gasteiger partial charge is 0.456 e. The lowest BCUT2D eigenvalue weighted by molar-refractivity contribution is 0.203. The molecule has 0 aliphatic carbocycles.